The SMILES string of the molecule is C[C@@H](c1ccc(-c2cnc(C(=O)CC(C)(C)C)nc2)cc1)N1CC[C@](CC(C)(C)O)(c2ccccc2)OC1=O. The van der Waals surface area contributed by atoms with Gasteiger partial charge in [0.25, 0.3) is 0 Å². The summed E-state index contributed by atoms with van der Waals surface area (Å²) < 4.78 is 6.13. The molecule has 7 heteroatoms. The van der Waals surface area contributed by atoms with Crippen molar-refractivity contribution in [1.29, 1.82) is 0 Å². The molecule has 1 aliphatic heterocycles. The van der Waals surface area contributed by atoms with E-state index in [1.807, 2.05) is 82.3 Å². The number of carbonyl (C=O) groups is 2. The molecule has 0 radical (unpaired) electrons. The first-order valence-corrected chi connectivity index (χ1v) is 13.5. The Morgan fingerprint density at radius 1 is 1.00 bits per heavy atom. The molecule has 1 amide bonds. The minimum atomic E-state index is -0.998. The number of ketones is 1. The summed E-state index contributed by atoms with van der Waals surface area (Å²) in [6, 6.07) is 17.4. The van der Waals surface area contributed by atoms with E-state index in [1.54, 1.807) is 31.1 Å². The van der Waals surface area contributed by atoms with Crippen LogP contribution in [0.3, 0.4) is 0 Å². The molecule has 1 fully saturated rings. The maximum absolute atomic E-state index is 13.3. The third-order valence-corrected chi connectivity index (χ3v) is 7.08. The van der Waals surface area contributed by atoms with Crippen LogP contribution in [0.5, 0.6) is 0 Å². The van der Waals surface area contributed by atoms with E-state index in [-0.39, 0.29) is 23.1 Å². The summed E-state index contributed by atoms with van der Waals surface area (Å²) in [7, 11) is 0. The average Bonchev–Trinajstić information content (AvgIpc) is 2.87. The molecule has 0 aliphatic carbocycles. The van der Waals surface area contributed by atoms with Gasteiger partial charge in [-0.3, -0.25) is 4.79 Å². The van der Waals surface area contributed by atoms with E-state index in [0.29, 0.717) is 25.8 Å². The fourth-order valence-corrected chi connectivity index (χ4v) is 5.21. The highest BCUT2D eigenvalue weighted by Gasteiger charge is 2.46. The van der Waals surface area contributed by atoms with Crippen LogP contribution in [0.1, 0.15) is 88.6 Å². The van der Waals surface area contributed by atoms with Gasteiger partial charge in [0, 0.05) is 43.8 Å². The Labute approximate surface area is 231 Å². The summed E-state index contributed by atoms with van der Waals surface area (Å²) in [6.45, 7) is 12.0. The largest absolute Gasteiger partial charge is 0.438 e. The lowest BCUT2D eigenvalue weighted by atomic mass is 9.80. The van der Waals surface area contributed by atoms with Gasteiger partial charge in [0.05, 0.1) is 11.6 Å². The summed E-state index contributed by atoms with van der Waals surface area (Å²) in [5.41, 5.74) is 1.62. The summed E-state index contributed by atoms with van der Waals surface area (Å²) >= 11 is 0. The summed E-state index contributed by atoms with van der Waals surface area (Å²) in [5, 5.41) is 10.6. The summed E-state index contributed by atoms with van der Waals surface area (Å²) in [4.78, 5) is 36.1. The average molecular weight is 530 g/mol. The maximum Gasteiger partial charge on any atom is 0.411 e. The number of ether oxygens (including phenoxy) is 1. The Bertz CT molecular complexity index is 1290. The number of carbonyl (C=O) groups excluding carboxylic acids is 2. The van der Waals surface area contributed by atoms with E-state index in [0.717, 1.165) is 22.3 Å². The van der Waals surface area contributed by atoms with Crippen molar-refractivity contribution in [3.8, 4) is 11.1 Å². The van der Waals surface area contributed by atoms with Gasteiger partial charge in [-0.25, -0.2) is 14.8 Å². The first-order chi connectivity index (χ1) is 18.3. The monoisotopic (exact) mass is 529 g/mol. The molecule has 39 heavy (non-hydrogen) atoms. The molecular formula is C32H39N3O4. The Morgan fingerprint density at radius 3 is 2.15 bits per heavy atom. The van der Waals surface area contributed by atoms with Crippen LogP contribution in [-0.4, -0.2) is 44.0 Å². The quantitative estimate of drug-likeness (QED) is 0.326. The highest BCUT2D eigenvalue weighted by atomic mass is 16.6. The zero-order chi connectivity index (χ0) is 28.4. The Kier molecular flexibility index (Phi) is 7.94. The van der Waals surface area contributed by atoms with Crippen molar-refractivity contribution < 1.29 is 19.4 Å². The van der Waals surface area contributed by atoms with Crippen molar-refractivity contribution in [2.24, 2.45) is 5.41 Å². The van der Waals surface area contributed by atoms with Crippen molar-refractivity contribution in [3.63, 3.8) is 0 Å². The molecule has 0 bridgehead atoms. The second-order valence-electron chi connectivity index (χ2n) is 12.4. The van der Waals surface area contributed by atoms with Crippen LogP contribution >= 0.6 is 0 Å². The molecule has 0 saturated carbocycles. The van der Waals surface area contributed by atoms with Crippen molar-refractivity contribution in [2.75, 3.05) is 6.54 Å². The minimum absolute atomic E-state index is 0.0644. The van der Waals surface area contributed by atoms with Crippen molar-refractivity contribution >= 4 is 11.9 Å². The van der Waals surface area contributed by atoms with Crippen LogP contribution in [0, 0.1) is 5.41 Å². The van der Waals surface area contributed by atoms with Gasteiger partial charge in [-0.1, -0.05) is 75.4 Å². The second kappa shape index (κ2) is 10.9. The Hall–Kier alpha value is -3.58. The van der Waals surface area contributed by atoms with E-state index in [1.165, 1.54) is 0 Å². The molecule has 1 saturated heterocycles. The molecule has 7 nitrogen and oxygen atoms in total. The predicted octanol–water partition coefficient (Wildman–Crippen LogP) is 6.72. The van der Waals surface area contributed by atoms with Gasteiger partial charge in [-0.2, -0.15) is 0 Å². The van der Waals surface area contributed by atoms with Crippen LogP contribution in [0.2, 0.25) is 0 Å². The normalized spacial score (nSPS) is 18.9. The number of benzene rings is 2. The molecule has 2 aromatic carbocycles. The van der Waals surface area contributed by atoms with Crippen LogP contribution in [0.15, 0.2) is 67.0 Å². The molecule has 0 spiro atoms. The minimum Gasteiger partial charge on any atom is -0.438 e. The fraction of sp³-hybridized carbons (Fsp3) is 0.438. The van der Waals surface area contributed by atoms with E-state index in [9.17, 15) is 14.7 Å². The van der Waals surface area contributed by atoms with Gasteiger partial charge in [0.1, 0.15) is 5.60 Å². The van der Waals surface area contributed by atoms with Crippen LogP contribution in [0.25, 0.3) is 11.1 Å². The third kappa shape index (κ3) is 6.90. The van der Waals surface area contributed by atoms with Crippen molar-refractivity contribution in [3.05, 3.63) is 83.9 Å². The van der Waals surface area contributed by atoms with Crippen LogP contribution < -0.4 is 0 Å². The van der Waals surface area contributed by atoms with E-state index < -0.39 is 17.3 Å². The molecule has 1 N–H and O–H groups in total. The molecule has 4 rings (SSSR count). The Balaban J connectivity index is 1.47. The zero-order valence-electron chi connectivity index (χ0n) is 23.8. The number of amides is 1. The molecular weight excluding hydrogens is 490 g/mol. The molecule has 206 valence electrons. The van der Waals surface area contributed by atoms with Crippen LogP contribution in [0.4, 0.5) is 4.79 Å². The lowest BCUT2D eigenvalue weighted by molar-refractivity contribution is -0.101. The van der Waals surface area contributed by atoms with Crippen molar-refractivity contribution in [1.82, 2.24) is 14.9 Å². The molecule has 2 atom stereocenters. The smallest absolute Gasteiger partial charge is 0.411 e. The number of cyclic esters (lactones) is 1. The standard InChI is InChI=1S/C32H39N3O4/c1-22(35-17-16-32(39-29(35)37,21-31(5,6)38)26-10-8-7-9-11-26)23-12-14-24(15-13-23)25-19-33-28(34-20-25)27(36)18-30(2,3)4/h7-15,19-20,22,38H,16-18,21H2,1-6H3/t22-,32-/m0/s1. The van der Waals surface area contributed by atoms with E-state index in [2.05, 4.69) is 9.97 Å². The Morgan fingerprint density at radius 2 is 1.62 bits per heavy atom. The summed E-state index contributed by atoms with van der Waals surface area (Å²) in [5.74, 6) is 0.171. The van der Waals surface area contributed by atoms with Gasteiger partial charge < -0.3 is 14.7 Å². The highest BCUT2D eigenvalue weighted by molar-refractivity contribution is 5.93. The van der Waals surface area contributed by atoms with Crippen molar-refractivity contribution in [2.45, 2.75) is 78.0 Å². The van der Waals surface area contributed by atoms with E-state index >= 15 is 0 Å². The first-order valence-electron chi connectivity index (χ1n) is 13.5. The lowest BCUT2D eigenvalue weighted by Gasteiger charge is -2.45. The number of hydrogen-bond donors (Lipinski definition) is 1. The summed E-state index contributed by atoms with van der Waals surface area (Å²) in [6.07, 6.45) is 4.24. The molecule has 3 aromatic rings. The fourth-order valence-electron chi connectivity index (χ4n) is 5.21. The molecule has 2 heterocycles. The van der Waals surface area contributed by atoms with Gasteiger partial charge in [-0.15, -0.1) is 0 Å². The number of hydrogen-bond acceptors (Lipinski definition) is 6. The van der Waals surface area contributed by atoms with Gasteiger partial charge >= 0.3 is 6.09 Å². The maximum atomic E-state index is 13.3. The number of rotatable bonds is 8. The molecule has 0 unspecified atom stereocenters. The second-order valence-corrected chi connectivity index (χ2v) is 12.4. The zero-order valence-corrected chi connectivity index (χ0v) is 23.8. The first kappa shape index (κ1) is 28.4. The predicted molar refractivity (Wildman–Crippen MR) is 151 cm³/mol. The number of aliphatic hydroxyl groups is 1. The van der Waals surface area contributed by atoms with Gasteiger partial charge in [0.2, 0.25) is 5.78 Å². The van der Waals surface area contributed by atoms with Gasteiger partial charge in [-0.05, 0) is 42.9 Å². The number of nitrogens with zero attached hydrogens (tertiary/aromatic N) is 3. The van der Waals surface area contributed by atoms with E-state index in [4.69, 9.17) is 4.74 Å². The molecule has 1 aliphatic rings. The number of aromatic nitrogens is 2. The topological polar surface area (TPSA) is 92.6 Å². The molecule has 1 aromatic heterocycles. The third-order valence-electron chi connectivity index (χ3n) is 7.08. The lowest BCUT2D eigenvalue weighted by Crippen LogP contribution is -2.51. The highest BCUT2D eigenvalue weighted by Crippen LogP contribution is 2.42. The number of Topliss-reactive ketones (excluding diaryl/α,β-unsaturated/α-hetero) is 1. The van der Waals surface area contributed by atoms with Gasteiger partial charge in [0.15, 0.2) is 5.82 Å². The van der Waals surface area contributed by atoms with Crippen LogP contribution in [-0.2, 0) is 10.3 Å².